The zero-order chi connectivity index (χ0) is 55.1. The van der Waals surface area contributed by atoms with Crippen LogP contribution in [0.3, 0.4) is 0 Å². The summed E-state index contributed by atoms with van der Waals surface area (Å²) in [4.78, 5) is 87.7. The van der Waals surface area contributed by atoms with E-state index in [0.29, 0.717) is 49.9 Å². The maximum absolute atomic E-state index is 12.8. The zero-order valence-electron chi connectivity index (χ0n) is 47.5. The molecule has 2 aliphatic rings. The molecule has 2 aromatic rings. The molecule has 0 aliphatic heterocycles. The number of hydrogen-bond donors (Lipinski definition) is 0. The highest BCUT2D eigenvalue weighted by Gasteiger charge is 2.64. The van der Waals surface area contributed by atoms with Gasteiger partial charge < -0.3 is 37.6 Å². The third-order valence-electron chi connectivity index (χ3n) is 12.1. The predicted octanol–water partition coefficient (Wildman–Crippen LogP) is 11.4. The molecule has 72 heavy (non-hydrogen) atoms. The minimum atomic E-state index is -0.787. The van der Waals surface area contributed by atoms with Crippen molar-refractivity contribution in [3.63, 3.8) is 0 Å². The lowest BCUT2D eigenvalue weighted by atomic mass is 9.92. The van der Waals surface area contributed by atoms with Crippen molar-refractivity contribution in [1.82, 2.24) is 28.9 Å². The third kappa shape index (κ3) is 18.7. The molecule has 408 valence electrons. The lowest BCUT2D eigenvalue weighted by molar-refractivity contribution is -0.145. The molecule has 0 saturated heterocycles. The van der Waals surface area contributed by atoms with Crippen LogP contribution in [0.25, 0.3) is 0 Å². The minimum Gasteiger partial charge on any atom is -0.468 e. The van der Waals surface area contributed by atoms with E-state index < -0.39 is 57.6 Å². The maximum Gasteiger partial charge on any atom is 0.419 e. The average molecular weight is 1020 g/mol. The summed E-state index contributed by atoms with van der Waals surface area (Å²) in [5.41, 5.74) is -2.76. The molecular weight excluding hydrogens is 925 g/mol. The number of esters is 2. The van der Waals surface area contributed by atoms with E-state index in [0.717, 1.165) is 35.7 Å². The van der Waals surface area contributed by atoms with Crippen molar-refractivity contribution >= 4 is 36.3 Å². The summed E-state index contributed by atoms with van der Waals surface area (Å²) < 4.78 is 36.0. The van der Waals surface area contributed by atoms with Crippen LogP contribution in [0.15, 0.2) is 25.0 Å². The summed E-state index contributed by atoms with van der Waals surface area (Å²) in [6.07, 6.45) is 9.88. The number of carbonyl (C=O) groups excluding carboxylic acids is 6. The Hall–Kier alpha value is -5.16. The number of carbonyl (C=O) groups is 6. The first-order chi connectivity index (χ1) is 32.8. The van der Waals surface area contributed by atoms with E-state index in [1.807, 2.05) is 21.5 Å². The molecule has 2 heterocycles. The van der Waals surface area contributed by atoms with Gasteiger partial charge in [0.2, 0.25) is 0 Å². The summed E-state index contributed by atoms with van der Waals surface area (Å²) in [5, 5.41) is 0. The van der Waals surface area contributed by atoms with Crippen molar-refractivity contribution in [3.8, 4) is 0 Å². The molecule has 4 amide bonds. The number of hydrogen-bond acceptors (Lipinski definition) is 14. The molecule has 0 spiro atoms. The Kier molecular flexibility index (Phi) is 19.8. The first-order valence-corrected chi connectivity index (χ1v) is 25.4. The van der Waals surface area contributed by atoms with Gasteiger partial charge in [0.15, 0.2) is 0 Å². The maximum atomic E-state index is 12.8. The molecule has 2 saturated carbocycles. The van der Waals surface area contributed by atoms with Gasteiger partial charge >= 0.3 is 36.3 Å². The van der Waals surface area contributed by atoms with Crippen LogP contribution in [0.5, 0.6) is 0 Å². The minimum absolute atomic E-state index is 0.00930. The Morgan fingerprint density at radius 3 is 1.03 bits per heavy atom. The first kappa shape index (κ1) is 61.1. The van der Waals surface area contributed by atoms with E-state index >= 15 is 0 Å². The van der Waals surface area contributed by atoms with Crippen LogP contribution in [0, 0.1) is 22.7 Å². The number of amides is 4. The second-order valence-electron chi connectivity index (χ2n) is 25.9. The monoisotopic (exact) mass is 1010 g/mol. The second kappa shape index (κ2) is 23.4. The lowest BCUT2D eigenvalue weighted by Gasteiger charge is -2.28. The third-order valence-corrected chi connectivity index (χ3v) is 12.1. The number of imidazole rings is 2. The highest BCUT2D eigenvalue weighted by atomic mass is 16.6. The van der Waals surface area contributed by atoms with E-state index in [2.05, 4.69) is 51.5 Å². The molecule has 4 atom stereocenters. The topological polar surface area (TPSA) is 200 Å². The normalized spacial score (nSPS) is 20.0. The van der Waals surface area contributed by atoms with Gasteiger partial charge in [-0.2, -0.15) is 0 Å². The summed E-state index contributed by atoms with van der Waals surface area (Å²) in [5.74, 6) is -0.584. The Morgan fingerprint density at radius 2 is 0.792 bits per heavy atom. The summed E-state index contributed by atoms with van der Waals surface area (Å²) in [6, 6.07) is 0. The molecule has 18 nitrogen and oxygen atoms in total. The predicted molar refractivity (Wildman–Crippen MR) is 273 cm³/mol. The van der Waals surface area contributed by atoms with Crippen LogP contribution >= 0.6 is 0 Å². The van der Waals surface area contributed by atoms with Gasteiger partial charge in [0.05, 0.1) is 38.3 Å². The fraction of sp³-hybridized carbons (Fsp3) is 0.778. The van der Waals surface area contributed by atoms with Gasteiger partial charge in [-0.3, -0.25) is 9.59 Å². The number of aromatic nitrogens is 4. The van der Waals surface area contributed by atoms with Gasteiger partial charge in [-0.05, 0) is 157 Å². The Labute approximate surface area is 429 Å². The lowest BCUT2D eigenvalue weighted by Crippen LogP contribution is -2.44. The first-order valence-electron chi connectivity index (χ1n) is 25.4. The van der Waals surface area contributed by atoms with Crippen molar-refractivity contribution in [2.75, 3.05) is 27.3 Å². The van der Waals surface area contributed by atoms with Crippen molar-refractivity contribution in [2.24, 2.45) is 22.7 Å². The van der Waals surface area contributed by atoms with Gasteiger partial charge in [0.1, 0.15) is 33.2 Å². The van der Waals surface area contributed by atoms with E-state index in [1.165, 1.54) is 14.2 Å². The number of aryl methyl sites for hydroxylation is 2. The highest BCUT2D eigenvalue weighted by molar-refractivity contribution is 5.89. The van der Waals surface area contributed by atoms with E-state index in [1.54, 1.807) is 95.7 Å². The molecule has 0 unspecified atom stereocenters. The van der Waals surface area contributed by atoms with Crippen LogP contribution < -0.4 is 0 Å². The second-order valence-corrected chi connectivity index (χ2v) is 25.9. The largest absolute Gasteiger partial charge is 0.468 e. The molecule has 0 aromatic carbocycles. The Morgan fingerprint density at radius 1 is 0.514 bits per heavy atom. The number of imide groups is 2. The molecular formula is C54H90N6O12. The number of rotatable bonds is 16. The number of methoxy groups -OCH3 is 2. The van der Waals surface area contributed by atoms with E-state index in [9.17, 15) is 28.8 Å². The molecule has 0 N–H and O–H groups in total. The van der Waals surface area contributed by atoms with Crippen LogP contribution in [0.2, 0.25) is 0 Å². The SMILES string of the molecule is COC(=O)[C@@]1(c2cn(CCC(C)(C)C)cn2)C[C@H]1CCCN(C(=O)OC(C)(C)C)C(=O)OC(C)(C)C.COC(=O)[C@]1(c2cn(CCC(C)(C)C)cn2)C[C@@H]1CCCN(C(=O)OC(C)(C)C)C(=O)OC(C)(C)C. The summed E-state index contributed by atoms with van der Waals surface area (Å²) in [6.45, 7) is 35.9. The van der Waals surface area contributed by atoms with Gasteiger partial charge in [-0.1, -0.05) is 41.5 Å². The Balaban J connectivity index is 0.000000380. The fourth-order valence-corrected chi connectivity index (χ4v) is 8.19. The van der Waals surface area contributed by atoms with Gasteiger partial charge in [-0.15, -0.1) is 0 Å². The average Bonchev–Trinajstić information content (AvgIpc) is 3.95. The van der Waals surface area contributed by atoms with Crippen molar-refractivity contribution in [3.05, 3.63) is 36.4 Å². The Bertz CT molecular complexity index is 1970. The summed E-state index contributed by atoms with van der Waals surface area (Å²) in [7, 11) is 2.78. The molecule has 4 rings (SSSR count). The molecule has 18 heteroatoms. The summed E-state index contributed by atoms with van der Waals surface area (Å²) >= 11 is 0. The van der Waals surface area contributed by atoms with Crippen LogP contribution in [0.1, 0.15) is 187 Å². The fourth-order valence-electron chi connectivity index (χ4n) is 8.19. The molecule has 2 fully saturated rings. The smallest absolute Gasteiger partial charge is 0.419 e. The van der Waals surface area contributed by atoms with Crippen LogP contribution in [-0.4, -0.2) is 115 Å². The highest BCUT2D eigenvalue weighted by Crippen LogP contribution is 2.58. The van der Waals surface area contributed by atoms with Crippen LogP contribution in [0.4, 0.5) is 19.2 Å². The quantitative estimate of drug-likeness (QED) is 0.114. The zero-order valence-corrected chi connectivity index (χ0v) is 47.5. The number of nitrogens with zero attached hydrogens (tertiary/aromatic N) is 6. The van der Waals surface area contributed by atoms with Gasteiger partial charge in [-0.25, -0.2) is 38.9 Å². The van der Waals surface area contributed by atoms with Crippen molar-refractivity contribution in [1.29, 1.82) is 0 Å². The van der Waals surface area contributed by atoms with Gasteiger partial charge in [0.25, 0.3) is 0 Å². The van der Waals surface area contributed by atoms with Gasteiger partial charge in [0, 0.05) is 38.6 Å². The number of ether oxygens (including phenoxy) is 6. The van der Waals surface area contributed by atoms with Crippen molar-refractivity contribution < 1.29 is 57.2 Å². The molecule has 0 radical (unpaired) electrons. The van der Waals surface area contributed by atoms with E-state index in [4.69, 9.17) is 28.4 Å². The molecule has 2 aromatic heterocycles. The molecule has 0 bridgehead atoms. The van der Waals surface area contributed by atoms with Crippen LogP contribution in [-0.2, 0) is 61.9 Å². The molecule has 2 aliphatic carbocycles. The van der Waals surface area contributed by atoms with E-state index in [-0.39, 0.29) is 47.7 Å². The van der Waals surface area contributed by atoms with Crippen molar-refractivity contribution in [2.45, 2.75) is 222 Å². The standard InChI is InChI=1S/2C27H45N3O6/c2*1-24(2,3)13-15-29-17-20(28-18-29)27(21(31)34-10)16-19(27)12-11-14-30(22(32)35-25(4,5)6)23(33)36-26(7,8)9/h2*17-19H,11-16H2,1-10H3/t2*19-,27+/m10/s1.